The Morgan fingerprint density at radius 1 is 0.333 bits per heavy atom. The standard InChI is InChI=1S/C50H40O/c1-49(2,3)31-17-20-37-36-19-15-29(25-42(36)38-21-18-32(50(4,5)6)28-44(38)43(37)27-31)30-16-24-46-45(26-30)41-23-22-40-35-13-8-7-11-33(35)34-12-9-10-14-39(34)47(40)48(41)51-46/h7-28H,1-6H3. The Kier molecular flexibility index (Phi) is 6.18. The molecule has 51 heavy (non-hydrogen) atoms. The first kappa shape index (κ1) is 30.2. The maximum atomic E-state index is 6.76. The Morgan fingerprint density at radius 3 is 1.31 bits per heavy atom. The number of fused-ring (bicyclic) bond motifs is 16. The van der Waals surface area contributed by atoms with Crippen molar-refractivity contribution in [2.75, 3.05) is 0 Å². The van der Waals surface area contributed by atoms with E-state index in [1.54, 1.807) is 0 Å². The molecule has 0 unspecified atom stereocenters. The zero-order valence-corrected chi connectivity index (χ0v) is 30.1. The highest BCUT2D eigenvalue weighted by Crippen LogP contribution is 2.44. The molecule has 0 radical (unpaired) electrons. The maximum Gasteiger partial charge on any atom is 0.143 e. The van der Waals surface area contributed by atoms with E-state index < -0.39 is 0 Å². The fourth-order valence-electron chi connectivity index (χ4n) is 8.52. The van der Waals surface area contributed by atoms with Gasteiger partial charge in [-0.05, 0) is 129 Å². The quantitative estimate of drug-likeness (QED) is 0.160. The van der Waals surface area contributed by atoms with Crippen LogP contribution >= 0.6 is 0 Å². The Morgan fingerprint density at radius 2 is 0.725 bits per heavy atom. The first-order chi connectivity index (χ1) is 24.5. The third-order valence-electron chi connectivity index (χ3n) is 11.3. The van der Waals surface area contributed by atoms with Crippen LogP contribution in [-0.4, -0.2) is 0 Å². The molecule has 0 amide bonds. The van der Waals surface area contributed by atoms with Gasteiger partial charge in [0.1, 0.15) is 11.2 Å². The molecule has 1 aromatic heterocycles. The Balaban J connectivity index is 1.22. The molecule has 0 bridgehead atoms. The second kappa shape index (κ2) is 10.4. The van der Waals surface area contributed by atoms with Crippen molar-refractivity contribution >= 4 is 86.6 Å². The fourth-order valence-corrected chi connectivity index (χ4v) is 8.52. The molecule has 0 aliphatic rings. The van der Waals surface area contributed by atoms with Gasteiger partial charge in [0.2, 0.25) is 0 Å². The van der Waals surface area contributed by atoms with Crippen LogP contribution in [0.1, 0.15) is 52.7 Å². The smallest absolute Gasteiger partial charge is 0.143 e. The lowest BCUT2D eigenvalue weighted by atomic mass is 9.82. The topological polar surface area (TPSA) is 13.1 Å². The van der Waals surface area contributed by atoms with Crippen LogP contribution < -0.4 is 0 Å². The first-order valence-electron chi connectivity index (χ1n) is 18.2. The predicted octanol–water partition coefficient (Wildman–Crippen LogP) is 14.8. The van der Waals surface area contributed by atoms with Gasteiger partial charge < -0.3 is 4.42 Å². The van der Waals surface area contributed by atoms with Crippen molar-refractivity contribution in [2.24, 2.45) is 0 Å². The van der Waals surface area contributed by atoms with E-state index in [4.69, 9.17) is 4.42 Å². The van der Waals surface area contributed by atoms with Crippen molar-refractivity contribution in [1.29, 1.82) is 0 Å². The highest BCUT2D eigenvalue weighted by Gasteiger charge is 2.20. The minimum absolute atomic E-state index is 0.0620. The molecule has 0 saturated carbocycles. The number of benzene rings is 9. The second-order valence-corrected chi connectivity index (χ2v) is 16.6. The van der Waals surface area contributed by atoms with Gasteiger partial charge in [0.05, 0.1) is 0 Å². The van der Waals surface area contributed by atoms with Gasteiger partial charge in [-0.1, -0.05) is 139 Å². The third-order valence-corrected chi connectivity index (χ3v) is 11.3. The van der Waals surface area contributed by atoms with Gasteiger partial charge in [-0.15, -0.1) is 0 Å². The summed E-state index contributed by atoms with van der Waals surface area (Å²) >= 11 is 0. The zero-order valence-electron chi connectivity index (χ0n) is 30.1. The van der Waals surface area contributed by atoms with Gasteiger partial charge in [-0.3, -0.25) is 0 Å². The highest BCUT2D eigenvalue weighted by atomic mass is 16.3. The molecule has 0 aliphatic heterocycles. The van der Waals surface area contributed by atoms with Crippen LogP contribution in [0, 0.1) is 0 Å². The molecule has 0 spiro atoms. The molecule has 0 fully saturated rings. The summed E-state index contributed by atoms with van der Waals surface area (Å²) in [6.45, 7) is 13.8. The van der Waals surface area contributed by atoms with E-state index in [9.17, 15) is 0 Å². The molecule has 0 saturated heterocycles. The molecule has 1 heteroatoms. The van der Waals surface area contributed by atoms with Gasteiger partial charge in [0.15, 0.2) is 0 Å². The SMILES string of the molecule is CC(C)(C)c1ccc2c3ccc(-c4ccc5oc6c(ccc7c8ccccc8c8ccccc8c76)c5c4)cc3c3ccc(C(C)(C)C)cc3c2c1. The van der Waals surface area contributed by atoms with E-state index in [1.165, 1.54) is 86.9 Å². The van der Waals surface area contributed by atoms with Crippen LogP contribution in [-0.2, 0) is 10.8 Å². The summed E-state index contributed by atoms with van der Waals surface area (Å²) in [7, 11) is 0. The molecule has 9 aromatic carbocycles. The van der Waals surface area contributed by atoms with Crippen molar-refractivity contribution in [3.05, 3.63) is 145 Å². The Labute approximate surface area is 298 Å². The monoisotopic (exact) mass is 656 g/mol. The number of rotatable bonds is 1. The average molecular weight is 657 g/mol. The van der Waals surface area contributed by atoms with E-state index in [0.29, 0.717) is 0 Å². The van der Waals surface area contributed by atoms with E-state index in [1.807, 2.05) is 0 Å². The molecule has 1 nitrogen and oxygen atoms in total. The first-order valence-corrected chi connectivity index (χ1v) is 18.2. The molecule has 0 N–H and O–H groups in total. The van der Waals surface area contributed by atoms with E-state index in [0.717, 1.165) is 21.9 Å². The van der Waals surface area contributed by atoms with Crippen LogP contribution in [0.25, 0.3) is 97.7 Å². The van der Waals surface area contributed by atoms with Crippen LogP contribution in [0.15, 0.2) is 138 Å². The maximum absolute atomic E-state index is 6.76. The lowest BCUT2D eigenvalue weighted by Crippen LogP contribution is -2.11. The molecular formula is C50H40O. The molecule has 10 rings (SSSR count). The normalized spacial score (nSPS) is 12.9. The number of hydrogen-bond donors (Lipinski definition) is 0. The van der Waals surface area contributed by atoms with Crippen molar-refractivity contribution in [1.82, 2.24) is 0 Å². The molecule has 246 valence electrons. The fraction of sp³-hybridized carbons (Fsp3) is 0.160. The average Bonchev–Trinajstić information content (AvgIpc) is 3.51. The number of furan rings is 1. The van der Waals surface area contributed by atoms with Crippen molar-refractivity contribution in [3.63, 3.8) is 0 Å². The third kappa shape index (κ3) is 4.47. The Hall–Kier alpha value is -5.66. The lowest BCUT2D eigenvalue weighted by molar-refractivity contribution is 0.590. The van der Waals surface area contributed by atoms with Crippen LogP contribution in [0.5, 0.6) is 0 Å². The van der Waals surface area contributed by atoms with E-state index in [2.05, 4.69) is 175 Å². The summed E-state index contributed by atoms with van der Waals surface area (Å²) in [5.41, 5.74) is 7.14. The largest absolute Gasteiger partial charge is 0.455 e. The van der Waals surface area contributed by atoms with Gasteiger partial charge in [-0.25, -0.2) is 0 Å². The molecule has 0 atom stereocenters. The van der Waals surface area contributed by atoms with Crippen molar-refractivity contribution in [3.8, 4) is 11.1 Å². The van der Waals surface area contributed by atoms with Gasteiger partial charge in [-0.2, -0.15) is 0 Å². The van der Waals surface area contributed by atoms with Gasteiger partial charge in [0, 0.05) is 16.2 Å². The summed E-state index contributed by atoms with van der Waals surface area (Å²) in [4.78, 5) is 0. The van der Waals surface area contributed by atoms with Crippen molar-refractivity contribution < 1.29 is 4.42 Å². The van der Waals surface area contributed by atoms with Crippen molar-refractivity contribution in [2.45, 2.75) is 52.4 Å². The summed E-state index contributed by atoms with van der Waals surface area (Å²) in [6, 6.07) is 50.0. The summed E-state index contributed by atoms with van der Waals surface area (Å²) in [5, 5.41) is 17.6. The summed E-state index contributed by atoms with van der Waals surface area (Å²) in [5.74, 6) is 0. The summed E-state index contributed by atoms with van der Waals surface area (Å²) in [6.07, 6.45) is 0. The predicted molar refractivity (Wildman–Crippen MR) is 222 cm³/mol. The minimum atomic E-state index is 0.0620. The summed E-state index contributed by atoms with van der Waals surface area (Å²) < 4.78 is 6.76. The number of hydrogen-bond acceptors (Lipinski definition) is 1. The molecule has 10 aromatic rings. The molecular weight excluding hydrogens is 617 g/mol. The molecule has 0 aliphatic carbocycles. The van der Waals surface area contributed by atoms with E-state index >= 15 is 0 Å². The van der Waals surface area contributed by atoms with Gasteiger partial charge >= 0.3 is 0 Å². The second-order valence-electron chi connectivity index (χ2n) is 16.6. The zero-order chi connectivity index (χ0) is 34.8. The lowest BCUT2D eigenvalue weighted by Gasteiger charge is -2.23. The van der Waals surface area contributed by atoms with E-state index in [-0.39, 0.29) is 10.8 Å². The molecule has 1 heterocycles. The van der Waals surface area contributed by atoms with Crippen LogP contribution in [0.2, 0.25) is 0 Å². The Bertz CT molecular complexity index is 3050. The highest BCUT2D eigenvalue weighted by molar-refractivity contribution is 6.32. The van der Waals surface area contributed by atoms with Crippen LogP contribution in [0.3, 0.4) is 0 Å². The minimum Gasteiger partial charge on any atom is -0.455 e. The van der Waals surface area contributed by atoms with Crippen LogP contribution in [0.4, 0.5) is 0 Å². The van der Waals surface area contributed by atoms with Gasteiger partial charge in [0.25, 0.3) is 0 Å².